The van der Waals surface area contributed by atoms with E-state index in [9.17, 15) is 4.79 Å². The maximum absolute atomic E-state index is 10.9. The van der Waals surface area contributed by atoms with Crippen LogP contribution in [-0.2, 0) is 6.54 Å². The molecule has 0 aliphatic carbocycles. The maximum atomic E-state index is 10.9. The Morgan fingerprint density at radius 2 is 2.07 bits per heavy atom. The van der Waals surface area contributed by atoms with E-state index in [1.165, 1.54) is 0 Å². The number of hydrogen-bond acceptors (Lipinski definition) is 3. The van der Waals surface area contributed by atoms with Gasteiger partial charge in [0.2, 0.25) is 0 Å². The normalized spacial score (nSPS) is 10.5. The van der Waals surface area contributed by atoms with Crippen molar-refractivity contribution in [2.45, 2.75) is 6.54 Å². The van der Waals surface area contributed by atoms with Crippen LogP contribution in [0.2, 0.25) is 0 Å². The quantitative estimate of drug-likeness (QED) is 0.684. The van der Waals surface area contributed by atoms with E-state index in [2.05, 4.69) is 0 Å². The van der Waals surface area contributed by atoms with Crippen molar-refractivity contribution in [1.29, 1.82) is 0 Å². The summed E-state index contributed by atoms with van der Waals surface area (Å²) in [6.45, 7) is 0.795. The summed E-state index contributed by atoms with van der Waals surface area (Å²) < 4.78 is 0. The summed E-state index contributed by atoms with van der Waals surface area (Å²) >= 11 is 0. The second-order valence-electron chi connectivity index (χ2n) is 3.52. The molecule has 0 saturated carbocycles. The van der Waals surface area contributed by atoms with E-state index < -0.39 is 5.91 Å². The molecule has 0 fully saturated rings. The molecule has 76 valence electrons. The van der Waals surface area contributed by atoms with Crippen molar-refractivity contribution in [1.82, 2.24) is 4.90 Å². The first-order valence-corrected chi connectivity index (χ1v) is 4.33. The van der Waals surface area contributed by atoms with E-state index >= 15 is 0 Å². The first-order chi connectivity index (χ1) is 6.50. The van der Waals surface area contributed by atoms with Crippen LogP contribution in [0.3, 0.4) is 0 Å². The molecule has 1 aromatic carbocycles. The van der Waals surface area contributed by atoms with Gasteiger partial charge in [-0.2, -0.15) is 0 Å². The molecule has 0 spiro atoms. The zero-order valence-electron chi connectivity index (χ0n) is 8.45. The van der Waals surface area contributed by atoms with Gasteiger partial charge in [0.15, 0.2) is 0 Å². The highest BCUT2D eigenvalue weighted by molar-refractivity contribution is 5.97. The van der Waals surface area contributed by atoms with E-state index in [4.69, 9.17) is 11.5 Å². The van der Waals surface area contributed by atoms with Gasteiger partial charge in [-0.1, -0.05) is 6.07 Å². The van der Waals surface area contributed by atoms with Gasteiger partial charge in [0.25, 0.3) is 5.91 Å². The third-order valence-electron chi connectivity index (χ3n) is 1.88. The standard InChI is InChI=1S/C10H15N3O/c1-13(2)6-7-3-4-8(10(12)14)9(11)5-7/h3-5H,6,11H2,1-2H3,(H2,12,14). The SMILES string of the molecule is CN(C)Cc1ccc(C(N)=O)c(N)c1. The smallest absolute Gasteiger partial charge is 0.250 e. The molecule has 4 heteroatoms. The Kier molecular flexibility index (Phi) is 3.09. The van der Waals surface area contributed by atoms with Crippen molar-refractivity contribution < 1.29 is 4.79 Å². The Labute approximate surface area is 83.5 Å². The Hall–Kier alpha value is -1.55. The number of primary amides is 1. The van der Waals surface area contributed by atoms with E-state index in [0.29, 0.717) is 11.3 Å². The van der Waals surface area contributed by atoms with Crippen molar-refractivity contribution in [3.63, 3.8) is 0 Å². The third-order valence-corrected chi connectivity index (χ3v) is 1.88. The Morgan fingerprint density at radius 1 is 1.43 bits per heavy atom. The van der Waals surface area contributed by atoms with Gasteiger partial charge >= 0.3 is 0 Å². The van der Waals surface area contributed by atoms with Crippen LogP contribution in [0.1, 0.15) is 15.9 Å². The van der Waals surface area contributed by atoms with Gasteiger partial charge in [-0.15, -0.1) is 0 Å². The minimum absolute atomic E-state index is 0.382. The number of rotatable bonds is 3. The van der Waals surface area contributed by atoms with E-state index in [0.717, 1.165) is 12.1 Å². The lowest BCUT2D eigenvalue weighted by molar-refractivity contribution is 0.100. The van der Waals surface area contributed by atoms with Crippen LogP contribution in [0.4, 0.5) is 5.69 Å². The highest BCUT2D eigenvalue weighted by atomic mass is 16.1. The van der Waals surface area contributed by atoms with Gasteiger partial charge in [0.1, 0.15) is 0 Å². The highest BCUT2D eigenvalue weighted by Crippen LogP contribution is 2.14. The zero-order chi connectivity index (χ0) is 10.7. The van der Waals surface area contributed by atoms with Crippen LogP contribution in [0.25, 0.3) is 0 Å². The van der Waals surface area contributed by atoms with Gasteiger partial charge in [0, 0.05) is 12.2 Å². The second-order valence-corrected chi connectivity index (χ2v) is 3.52. The monoisotopic (exact) mass is 193 g/mol. The number of nitrogen functional groups attached to an aromatic ring is 1. The fraction of sp³-hybridized carbons (Fsp3) is 0.300. The van der Waals surface area contributed by atoms with Crippen LogP contribution in [-0.4, -0.2) is 24.9 Å². The van der Waals surface area contributed by atoms with E-state index in [-0.39, 0.29) is 0 Å². The largest absolute Gasteiger partial charge is 0.398 e. The predicted octanol–water partition coefficient (Wildman–Crippen LogP) is 0.429. The summed E-state index contributed by atoms with van der Waals surface area (Å²) in [5.74, 6) is -0.487. The lowest BCUT2D eigenvalue weighted by Crippen LogP contribution is -2.15. The molecule has 0 atom stereocenters. The number of carbonyl (C=O) groups is 1. The van der Waals surface area contributed by atoms with Crippen LogP contribution < -0.4 is 11.5 Å². The zero-order valence-corrected chi connectivity index (χ0v) is 8.45. The molecule has 0 radical (unpaired) electrons. The lowest BCUT2D eigenvalue weighted by atomic mass is 10.1. The fourth-order valence-electron chi connectivity index (χ4n) is 1.30. The molecular formula is C10H15N3O. The number of anilines is 1. The topological polar surface area (TPSA) is 72.3 Å². The molecule has 1 aromatic rings. The molecule has 0 aromatic heterocycles. The van der Waals surface area contributed by atoms with Crippen LogP contribution in [0.5, 0.6) is 0 Å². The number of hydrogen-bond donors (Lipinski definition) is 2. The number of carbonyl (C=O) groups excluding carboxylic acids is 1. The van der Waals surface area contributed by atoms with E-state index in [1.807, 2.05) is 25.1 Å². The molecular weight excluding hydrogens is 178 g/mol. The van der Waals surface area contributed by atoms with Crippen molar-refractivity contribution in [3.8, 4) is 0 Å². The van der Waals surface area contributed by atoms with Crippen molar-refractivity contribution in [3.05, 3.63) is 29.3 Å². The van der Waals surface area contributed by atoms with Crippen LogP contribution in [0.15, 0.2) is 18.2 Å². The summed E-state index contributed by atoms with van der Waals surface area (Å²) in [6, 6.07) is 5.30. The van der Waals surface area contributed by atoms with Gasteiger partial charge in [-0.05, 0) is 31.8 Å². The summed E-state index contributed by atoms with van der Waals surface area (Å²) in [5, 5.41) is 0. The summed E-state index contributed by atoms with van der Waals surface area (Å²) in [4.78, 5) is 12.9. The average molecular weight is 193 g/mol. The van der Waals surface area contributed by atoms with E-state index in [1.54, 1.807) is 12.1 Å². The number of nitrogens with zero attached hydrogens (tertiary/aromatic N) is 1. The third kappa shape index (κ3) is 2.47. The maximum Gasteiger partial charge on any atom is 0.250 e. The molecule has 0 aliphatic rings. The molecule has 0 aliphatic heterocycles. The Balaban J connectivity index is 2.94. The van der Waals surface area contributed by atoms with Gasteiger partial charge < -0.3 is 16.4 Å². The molecule has 0 unspecified atom stereocenters. The Bertz CT molecular complexity index is 347. The molecule has 4 nitrogen and oxygen atoms in total. The number of nitrogens with two attached hydrogens (primary N) is 2. The molecule has 4 N–H and O–H groups in total. The molecule has 0 saturated heterocycles. The van der Waals surface area contributed by atoms with Gasteiger partial charge in [0.05, 0.1) is 5.56 Å². The predicted molar refractivity (Wildman–Crippen MR) is 56.8 cm³/mol. The van der Waals surface area contributed by atoms with Crippen molar-refractivity contribution >= 4 is 11.6 Å². The van der Waals surface area contributed by atoms with Gasteiger partial charge in [-0.3, -0.25) is 4.79 Å². The van der Waals surface area contributed by atoms with Crippen molar-refractivity contribution in [2.24, 2.45) is 5.73 Å². The highest BCUT2D eigenvalue weighted by Gasteiger charge is 2.06. The molecule has 0 bridgehead atoms. The fourth-order valence-corrected chi connectivity index (χ4v) is 1.30. The van der Waals surface area contributed by atoms with Gasteiger partial charge in [-0.25, -0.2) is 0 Å². The van der Waals surface area contributed by atoms with Crippen molar-refractivity contribution in [2.75, 3.05) is 19.8 Å². The molecule has 14 heavy (non-hydrogen) atoms. The lowest BCUT2D eigenvalue weighted by Gasteiger charge is -2.10. The summed E-state index contributed by atoms with van der Waals surface area (Å²) in [7, 11) is 3.94. The molecule has 1 rings (SSSR count). The summed E-state index contributed by atoms with van der Waals surface area (Å²) in [6.07, 6.45) is 0. The molecule has 0 heterocycles. The van der Waals surface area contributed by atoms with Crippen LogP contribution in [0, 0.1) is 0 Å². The number of benzene rings is 1. The summed E-state index contributed by atoms with van der Waals surface area (Å²) in [5.41, 5.74) is 12.7. The molecule has 1 amide bonds. The minimum Gasteiger partial charge on any atom is -0.398 e. The van der Waals surface area contributed by atoms with Crippen LogP contribution >= 0.6 is 0 Å². The first kappa shape index (κ1) is 10.5. The second kappa shape index (κ2) is 4.11. The Morgan fingerprint density at radius 3 is 2.50 bits per heavy atom. The number of amides is 1. The first-order valence-electron chi connectivity index (χ1n) is 4.33. The average Bonchev–Trinajstić information content (AvgIpc) is 2.01. The minimum atomic E-state index is -0.487.